The fraction of sp³-hybridized carbons (Fsp3) is 0.250. The van der Waals surface area contributed by atoms with Crippen LogP contribution >= 0.6 is 27.5 Å². The molecule has 0 aliphatic rings. The van der Waals surface area contributed by atoms with Gasteiger partial charge in [-0.3, -0.25) is 0 Å². The Morgan fingerprint density at radius 1 is 1.26 bits per heavy atom. The second-order valence-electron chi connectivity index (χ2n) is 4.04. The molecule has 0 atom stereocenters. The summed E-state index contributed by atoms with van der Waals surface area (Å²) in [4.78, 5) is 3.96. The van der Waals surface area contributed by atoms with E-state index in [0.29, 0.717) is 17.3 Å². The Morgan fingerprint density at radius 2 is 2.00 bits per heavy atom. The molecule has 0 unspecified atom stereocenters. The van der Waals surface area contributed by atoms with Crippen molar-refractivity contribution in [2.24, 2.45) is 0 Å². The maximum absolute atomic E-state index is 12.4. The summed E-state index contributed by atoms with van der Waals surface area (Å²) < 4.78 is 39.0. The van der Waals surface area contributed by atoms with Crippen molar-refractivity contribution in [1.82, 2.24) is 9.55 Å². The van der Waals surface area contributed by atoms with Crippen LogP contribution in [0.5, 0.6) is 0 Å². The molecular weight excluding hydrogens is 344 g/mol. The van der Waals surface area contributed by atoms with E-state index in [-0.39, 0.29) is 0 Å². The van der Waals surface area contributed by atoms with Gasteiger partial charge in [0.05, 0.1) is 0 Å². The van der Waals surface area contributed by atoms with Gasteiger partial charge >= 0.3 is 6.18 Å². The highest BCUT2D eigenvalue weighted by molar-refractivity contribution is 9.10. The number of nitrogens with zero attached hydrogens (tertiary/aromatic N) is 2. The van der Waals surface area contributed by atoms with Gasteiger partial charge < -0.3 is 4.57 Å². The quantitative estimate of drug-likeness (QED) is 0.797. The first-order chi connectivity index (χ1) is 8.83. The molecule has 0 aliphatic carbocycles. The molecule has 19 heavy (non-hydrogen) atoms. The number of benzene rings is 1. The van der Waals surface area contributed by atoms with Crippen molar-refractivity contribution >= 4 is 27.5 Å². The van der Waals surface area contributed by atoms with E-state index in [9.17, 15) is 13.2 Å². The van der Waals surface area contributed by atoms with Gasteiger partial charge in [-0.05, 0) is 23.8 Å². The Balaban J connectivity index is 2.22. The van der Waals surface area contributed by atoms with E-state index in [0.717, 1.165) is 14.6 Å². The second-order valence-corrected chi connectivity index (χ2v) is 5.39. The molecule has 0 saturated heterocycles. The van der Waals surface area contributed by atoms with E-state index in [1.54, 1.807) is 18.2 Å². The first-order valence-corrected chi connectivity index (χ1v) is 6.52. The number of hydrogen-bond donors (Lipinski definition) is 0. The molecule has 1 heterocycles. The smallest absolute Gasteiger partial charge is 0.326 e. The van der Waals surface area contributed by atoms with E-state index in [4.69, 9.17) is 11.6 Å². The van der Waals surface area contributed by atoms with E-state index in [1.165, 1.54) is 12.4 Å². The molecular formula is C12H9BrClF3N2. The second kappa shape index (κ2) is 5.54. The highest BCUT2D eigenvalue weighted by Gasteiger charge is 2.28. The Bertz CT molecular complexity index is 560. The van der Waals surface area contributed by atoms with E-state index in [1.807, 2.05) is 0 Å². The SMILES string of the molecule is FC(F)(F)Cn1ccnc1Cc1cc(Cl)cc(Br)c1. The highest BCUT2D eigenvalue weighted by atomic mass is 79.9. The van der Waals surface area contributed by atoms with Gasteiger partial charge in [-0.25, -0.2) is 4.98 Å². The zero-order chi connectivity index (χ0) is 14.0. The topological polar surface area (TPSA) is 17.8 Å². The lowest BCUT2D eigenvalue weighted by Crippen LogP contribution is -2.19. The molecule has 0 aliphatic heterocycles. The fourth-order valence-electron chi connectivity index (χ4n) is 1.74. The molecule has 0 N–H and O–H groups in total. The summed E-state index contributed by atoms with van der Waals surface area (Å²) in [7, 11) is 0. The minimum absolute atomic E-state index is 0.294. The number of imidazole rings is 1. The molecule has 0 amide bonds. The van der Waals surface area contributed by atoms with Gasteiger partial charge in [0.15, 0.2) is 0 Å². The van der Waals surface area contributed by atoms with Crippen molar-refractivity contribution in [3.8, 4) is 0 Å². The molecule has 0 radical (unpaired) electrons. The molecule has 0 fully saturated rings. The van der Waals surface area contributed by atoms with Crippen molar-refractivity contribution in [2.75, 3.05) is 0 Å². The van der Waals surface area contributed by atoms with Crippen molar-refractivity contribution in [1.29, 1.82) is 0 Å². The van der Waals surface area contributed by atoms with E-state index >= 15 is 0 Å². The minimum atomic E-state index is -4.26. The van der Waals surface area contributed by atoms with Gasteiger partial charge in [-0.1, -0.05) is 27.5 Å². The van der Waals surface area contributed by atoms with Gasteiger partial charge in [-0.2, -0.15) is 13.2 Å². The predicted octanol–water partition coefficient (Wildman–Crippen LogP) is 4.45. The molecule has 2 aromatic rings. The van der Waals surface area contributed by atoms with Crippen LogP contribution in [0.15, 0.2) is 35.1 Å². The summed E-state index contributed by atoms with van der Waals surface area (Å²) >= 11 is 9.19. The lowest BCUT2D eigenvalue weighted by molar-refractivity contribution is -0.141. The summed E-state index contributed by atoms with van der Waals surface area (Å²) in [5.74, 6) is 0.353. The molecule has 2 nitrogen and oxygen atoms in total. The summed E-state index contributed by atoms with van der Waals surface area (Å²) in [6.07, 6.45) is -1.28. The Morgan fingerprint density at radius 3 is 2.63 bits per heavy atom. The molecule has 7 heteroatoms. The highest BCUT2D eigenvalue weighted by Crippen LogP contribution is 2.23. The van der Waals surface area contributed by atoms with Crippen LogP contribution < -0.4 is 0 Å². The van der Waals surface area contributed by atoms with Crippen LogP contribution in [-0.4, -0.2) is 15.7 Å². The Hall–Kier alpha value is -1.01. The average Bonchev–Trinajstić information content (AvgIpc) is 2.61. The van der Waals surface area contributed by atoms with Gasteiger partial charge in [0.25, 0.3) is 0 Å². The monoisotopic (exact) mass is 352 g/mol. The number of rotatable bonds is 3. The van der Waals surface area contributed by atoms with Gasteiger partial charge in [-0.15, -0.1) is 0 Å². The zero-order valence-corrected chi connectivity index (χ0v) is 11.9. The maximum Gasteiger partial charge on any atom is 0.406 e. The van der Waals surface area contributed by atoms with Gasteiger partial charge in [0.2, 0.25) is 0 Å². The van der Waals surface area contributed by atoms with Crippen LogP contribution in [0.2, 0.25) is 5.02 Å². The largest absolute Gasteiger partial charge is 0.406 e. The number of alkyl halides is 3. The molecule has 1 aromatic heterocycles. The molecule has 1 aromatic carbocycles. The van der Waals surface area contributed by atoms with E-state index < -0.39 is 12.7 Å². The van der Waals surface area contributed by atoms with Crippen LogP contribution in [-0.2, 0) is 13.0 Å². The van der Waals surface area contributed by atoms with Crippen molar-refractivity contribution in [3.63, 3.8) is 0 Å². The van der Waals surface area contributed by atoms with Crippen molar-refractivity contribution in [2.45, 2.75) is 19.1 Å². The van der Waals surface area contributed by atoms with Crippen LogP contribution in [0.25, 0.3) is 0 Å². The van der Waals surface area contributed by atoms with Gasteiger partial charge in [0.1, 0.15) is 12.4 Å². The van der Waals surface area contributed by atoms with Crippen LogP contribution in [0.1, 0.15) is 11.4 Å². The summed E-state index contributed by atoms with van der Waals surface area (Å²) in [6, 6.07) is 5.23. The number of aromatic nitrogens is 2. The molecule has 102 valence electrons. The standard InChI is InChI=1S/C12H9BrClF3N2/c13-9-3-8(4-10(14)6-9)5-11-18-1-2-19(11)7-12(15,16)17/h1-4,6H,5,7H2. The summed E-state index contributed by atoms with van der Waals surface area (Å²) in [6.45, 7) is -1.04. The summed E-state index contributed by atoms with van der Waals surface area (Å²) in [5, 5.41) is 0.526. The Labute approximate surface area is 121 Å². The average molecular weight is 354 g/mol. The third-order valence-corrected chi connectivity index (χ3v) is 3.11. The number of halogens is 5. The number of hydrogen-bond acceptors (Lipinski definition) is 1. The first-order valence-electron chi connectivity index (χ1n) is 5.35. The van der Waals surface area contributed by atoms with E-state index in [2.05, 4.69) is 20.9 Å². The third-order valence-electron chi connectivity index (χ3n) is 2.44. The third kappa shape index (κ3) is 4.24. The molecule has 0 saturated carbocycles. The molecule has 0 bridgehead atoms. The Kier molecular flexibility index (Phi) is 4.20. The van der Waals surface area contributed by atoms with Crippen molar-refractivity contribution in [3.05, 3.63) is 51.5 Å². The molecule has 0 spiro atoms. The molecule has 2 rings (SSSR count). The van der Waals surface area contributed by atoms with Crippen LogP contribution in [0.4, 0.5) is 13.2 Å². The van der Waals surface area contributed by atoms with Gasteiger partial charge in [0, 0.05) is 28.3 Å². The normalized spacial score (nSPS) is 11.8. The van der Waals surface area contributed by atoms with Crippen LogP contribution in [0, 0.1) is 0 Å². The first kappa shape index (κ1) is 14.4. The van der Waals surface area contributed by atoms with Crippen molar-refractivity contribution < 1.29 is 13.2 Å². The van der Waals surface area contributed by atoms with Crippen LogP contribution in [0.3, 0.4) is 0 Å². The minimum Gasteiger partial charge on any atom is -0.326 e. The lowest BCUT2D eigenvalue weighted by atomic mass is 10.1. The zero-order valence-electron chi connectivity index (χ0n) is 9.59. The summed E-state index contributed by atoms with van der Waals surface area (Å²) in [5.41, 5.74) is 0.800. The fourth-order valence-corrected chi connectivity index (χ4v) is 2.67. The predicted molar refractivity (Wildman–Crippen MR) is 70.2 cm³/mol. The maximum atomic E-state index is 12.4. The lowest BCUT2D eigenvalue weighted by Gasteiger charge is -2.11.